The Morgan fingerprint density at radius 2 is 2.10 bits per heavy atom. The summed E-state index contributed by atoms with van der Waals surface area (Å²) >= 11 is 0. The van der Waals surface area contributed by atoms with Crippen molar-refractivity contribution in [1.82, 2.24) is 5.32 Å². The van der Waals surface area contributed by atoms with E-state index in [-0.39, 0.29) is 0 Å². The van der Waals surface area contributed by atoms with Crippen LogP contribution in [0.2, 0.25) is 0 Å². The Labute approximate surface area is 114 Å². The summed E-state index contributed by atoms with van der Waals surface area (Å²) in [6, 6.07) is -0.923. The largest absolute Gasteiger partial charge is 0.477 e. The van der Waals surface area contributed by atoms with Crippen molar-refractivity contribution in [2.45, 2.75) is 49.6 Å². The van der Waals surface area contributed by atoms with Gasteiger partial charge in [0.15, 0.2) is 0 Å². The summed E-state index contributed by atoms with van der Waals surface area (Å²) in [5, 5.41) is 40.3. The maximum absolute atomic E-state index is 11.3. The van der Waals surface area contributed by atoms with Crippen molar-refractivity contribution in [3.63, 3.8) is 0 Å². The summed E-state index contributed by atoms with van der Waals surface area (Å²) < 4.78 is 10.5. The Bertz CT molecular complexity index is 415. The third kappa shape index (κ3) is 2.38. The van der Waals surface area contributed by atoms with E-state index in [1.54, 1.807) is 0 Å². The van der Waals surface area contributed by atoms with Crippen LogP contribution < -0.4 is 5.32 Å². The zero-order valence-electron chi connectivity index (χ0n) is 10.7. The first-order valence-electron chi connectivity index (χ1n) is 6.14. The number of carbonyl (C=O) groups excluding carboxylic acids is 1. The van der Waals surface area contributed by atoms with E-state index in [4.69, 9.17) is 14.6 Å². The highest BCUT2D eigenvalue weighted by atomic mass is 16.8. The molecule has 0 saturated carbocycles. The van der Waals surface area contributed by atoms with Crippen LogP contribution in [0.5, 0.6) is 0 Å². The molecule has 2 aliphatic heterocycles. The number of aliphatic hydroxyl groups excluding tert-OH is 3. The maximum Gasteiger partial charge on any atom is 0.364 e. The normalized spacial score (nSPS) is 41.2. The number of ether oxygens (including phenoxy) is 2. The Balaban J connectivity index is 2.30. The van der Waals surface area contributed by atoms with Gasteiger partial charge in [-0.2, -0.15) is 0 Å². The van der Waals surface area contributed by atoms with Crippen molar-refractivity contribution < 1.29 is 39.5 Å². The lowest BCUT2D eigenvalue weighted by molar-refractivity contribution is -0.234. The van der Waals surface area contributed by atoms with Crippen LogP contribution in [0.1, 0.15) is 13.3 Å². The van der Waals surface area contributed by atoms with Crippen molar-refractivity contribution in [2.24, 2.45) is 0 Å². The predicted octanol–water partition coefficient (Wildman–Crippen LogP) is -2.83. The molecule has 114 valence electrons. The summed E-state index contributed by atoms with van der Waals surface area (Å²) in [4.78, 5) is 22.4. The van der Waals surface area contributed by atoms with Crippen LogP contribution in [-0.2, 0) is 19.1 Å². The first-order valence-corrected chi connectivity index (χ1v) is 6.14. The fourth-order valence-electron chi connectivity index (χ4n) is 2.60. The fourth-order valence-corrected chi connectivity index (χ4v) is 2.60. The van der Waals surface area contributed by atoms with E-state index in [1.807, 2.05) is 0 Å². The van der Waals surface area contributed by atoms with Gasteiger partial charge in [0.05, 0.1) is 18.8 Å². The standard InChI is InChI=1S/C11H17NO8/c1-4(14)12-7-5(15)2-11(10(17)18)19-8(6(16)3-13)9(7)20-11/h5-9,13,15-16H,2-3H2,1H3,(H,12,14)(H,17,18)/t5-,6+,7+,8+,9?,11?/m0/s1. The number of amides is 1. The van der Waals surface area contributed by atoms with Gasteiger partial charge in [-0.05, 0) is 0 Å². The zero-order valence-corrected chi connectivity index (χ0v) is 10.7. The van der Waals surface area contributed by atoms with Gasteiger partial charge in [-0.1, -0.05) is 0 Å². The molecular weight excluding hydrogens is 274 g/mol. The van der Waals surface area contributed by atoms with Crippen molar-refractivity contribution >= 4 is 11.9 Å². The second-order valence-electron chi connectivity index (χ2n) is 4.97. The lowest BCUT2D eigenvalue weighted by Gasteiger charge is -2.37. The van der Waals surface area contributed by atoms with E-state index in [9.17, 15) is 24.9 Å². The third-order valence-electron chi connectivity index (χ3n) is 3.49. The summed E-state index contributed by atoms with van der Waals surface area (Å²) in [6.45, 7) is 0.572. The van der Waals surface area contributed by atoms with Gasteiger partial charge in [0.2, 0.25) is 5.91 Å². The van der Waals surface area contributed by atoms with Crippen LogP contribution in [0.25, 0.3) is 0 Å². The molecule has 2 aliphatic rings. The Morgan fingerprint density at radius 3 is 2.60 bits per heavy atom. The van der Waals surface area contributed by atoms with E-state index >= 15 is 0 Å². The molecule has 2 saturated heterocycles. The number of hydrogen-bond acceptors (Lipinski definition) is 7. The molecule has 0 spiro atoms. The molecule has 0 aromatic heterocycles. The van der Waals surface area contributed by atoms with Gasteiger partial charge in [0, 0.05) is 13.3 Å². The average molecular weight is 291 g/mol. The number of hydrogen-bond donors (Lipinski definition) is 5. The Morgan fingerprint density at radius 1 is 1.45 bits per heavy atom. The Kier molecular flexibility index (Phi) is 3.98. The van der Waals surface area contributed by atoms with Crippen LogP contribution in [0.3, 0.4) is 0 Å². The highest BCUT2D eigenvalue weighted by molar-refractivity contribution is 5.77. The van der Waals surface area contributed by atoms with Crippen molar-refractivity contribution in [1.29, 1.82) is 0 Å². The number of aliphatic carboxylic acids is 1. The van der Waals surface area contributed by atoms with E-state index in [0.29, 0.717) is 0 Å². The minimum Gasteiger partial charge on any atom is -0.477 e. The average Bonchev–Trinajstić information content (AvgIpc) is 2.70. The Hall–Kier alpha value is -1.26. The van der Waals surface area contributed by atoms with E-state index < -0.39 is 61.1 Å². The lowest BCUT2D eigenvalue weighted by Crippen LogP contribution is -2.60. The number of rotatable bonds is 4. The SMILES string of the molecule is CC(=O)N[C@H]1C2OC(C(=O)O)(C[C@@H]1O)O[C@@H]2[C@H](O)CO. The number of fused-ring (bicyclic) bond motifs is 2. The molecule has 9 nitrogen and oxygen atoms in total. The summed E-state index contributed by atoms with van der Waals surface area (Å²) in [5.74, 6) is -3.94. The fraction of sp³-hybridized carbons (Fsp3) is 0.818. The van der Waals surface area contributed by atoms with Crippen molar-refractivity contribution in [2.75, 3.05) is 6.61 Å². The van der Waals surface area contributed by atoms with Gasteiger partial charge in [0.25, 0.3) is 5.79 Å². The van der Waals surface area contributed by atoms with Crippen molar-refractivity contribution in [3.05, 3.63) is 0 Å². The van der Waals surface area contributed by atoms with Gasteiger partial charge in [-0.3, -0.25) is 4.79 Å². The van der Waals surface area contributed by atoms with E-state index in [2.05, 4.69) is 5.32 Å². The molecular formula is C11H17NO8. The minimum absolute atomic E-state index is 0.390. The number of carboxylic acids is 1. The van der Waals surface area contributed by atoms with Crippen LogP contribution in [0.4, 0.5) is 0 Å². The van der Waals surface area contributed by atoms with Gasteiger partial charge in [0.1, 0.15) is 18.3 Å². The van der Waals surface area contributed by atoms with Gasteiger partial charge in [-0.25, -0.2) is 4.79 Å². The van der Waals surface area contributed by atoms with Crippen LogP contribution in [-0.4, -0.2) is 75.2 Å². The molecule has 2 unspecified atom stereocenters. The molecule has 5 N–H and O–H groups in total. The minimum atomic E-state index is -2.07. The predicted molar refractivity (Wildman–Crippen MR) is 61.4 cm³/mol. The first-order chi connectivity index (χ1) is 9.30. The molecule has 0 aromatic carbocycles. The quantitative estimate of drug-likeness (QED) is 0.373. The summed E-state index contributed by atoms with van der Waals surface area (Å²) in [7, 11) is 0. The molecule has 2 heterocycles. The second-order valence-corrected chi connectivity index (χ2v) is 4.97. The van der Waals surface area contributed by atoms with Crippen LogP contribution in [0, 0.1) is 0 Å². The number of carboxylic acid groups (broad SMARTS) is 1. The van der Waals surface area contributed by atoms with Gasteiger partial charge >= 0.3 is 5.97 Å². The topological polar surface area (TPSA) is 146 Å². The highest BCUT2D eigenvalue weighted by Crippen LogP contribution is 2.41. The summed E-state index contributed by atoms with van der Waals surface area (Å²) in [6.07, 6.45) is -5.21. The third-order valence-corrected chi connectivity index (χ3v) is 3.49. The molecule has 20 heavy (non-hydrogen) atoms. The molecule has 6 atom stereocenters. The number of carbonyl (C=O) groups is 2. The van der Waals surface area contributed by atoms with Crippen LogP contribution in [0.15, 0.2) is 0 Å². The molecule has 0 aliphatic carbocycles. The monoisotopic (exact) mass is 291 g/mol. The molecule has 2 bridgehead atoms. The number of nitrogens with one attached hydrogen (secondary N) is 1. The molecule has 2 rings (SSSR count). The number of aliphatic hydroxyl groups is 3. The summed E-state index contributed by atoms with van der Waals surface area (Å²) in [5.41, 5.74) is 0. The first kappa shape index (κ1) is 15.1. The highest BCUT2D eigenvalue weighted by Gasteiger charge is 2.63. The maximum atomic E-state index is 11.3. The van der Waals surface area contributed by atoms with E-state index in [1.165, 1.54) is 6.92 Å². The molecule has 9 heteroatoms. The molecule has 1 amide bonds. The van der Waals surface area contributed by atoms with Gasteiger partial charge in [-0.15, -0.1) is 0 Å². The van der Waals surface area contributed by atoms with Crippen molar-refractivity contribution in [3.8, 4) is 0 Å². The second kappa shape index (κ2) is 5.26. The van der Waals surface area contributed by atoms with E-state index in [0.717, 1.165) is 0 Å². The smallest absolute Gasteiger partial charge is 0.364 e. The lowest BCUT2D eigenvalue weighted by atomic mass is 9.92. The van der Waals surface area contributed by atoms with Gasteiger partial charge < -0.3 is 35.2 Å². The molecule has 0 aromatic rings. The zero-order chi connectivity index (χ0) is 15.1. The molecule has 0 radical (unpaired) electrons. The van der Waals surface area contributed by atoms with Crippen LogP contribution >= 0.6 is 0 Å². The molecule has 2 fully saturated rings.